The molecule has 0 fully saturated rings. The van der Waals surface area contributed by atoms with Gasteiger partial charge in [0.05, 0.1) is 19.3 Å². The first-order valence-corrected chi connectivity index (χ1v) is 9.34. The van der Waals surface area contributed by atoms with Crippen LogP contribution in [-0.4, -0.2) is 33.9 Å². The maximum absolute atomic E-state index is 12.8. The molecule has 0 bridgehead atoms. The van der Waals surface area contributed by atoms with E-state index in [1.165, 1.54) is 6.20 Å². The molecular weight excluding hydrogens is 408 g/mol. The summed E-state index contributed by atoms with van der Waals surface area (Å²) in [5, 5.41) is 20.0. The molecule has 152 valence electrons. The highest BCUT2D eigenvalue weighted by atomic mass is 35.5. The molecule has 4 rings (SSSR count). The van der Waals surface area contributed by atoms with E-state index in [9.17, 15) is 14.7 Å². The zero-order valence-corrected chi connectivity index (χ0v) is 16.6. The first-order valence-electron chi connectivity index (χ1n) is 8.97. The first-order chi connectivity index (χ1) is 14.5. The van der Waals surface area contributed by atoms with Gasteiger partial charge in [0.25, 0.3) is 5.91 Å². The Hall–Kier alpha value is -3.78. The fraction of sp³-hybridized carbons (Fsp3) is 0.0952. The molecule has 1 aliphatic heterocycles. The van der Waals surface area contributed by atoms with E-state index in [0.29, 0.717) is 22.3 Å². The number of hydrogen-bond donors (Lipinski definition) is 3. The van der Waals surface area contributed by atoms with Crippen molar-refractivity contribution >= 4 is 35.0 Å². The maximum atomic E-state index is 12.8. The number of carboxylic acids is 1. The molecule has 3 aromatic rings. The van der Waals surface area contributed by atoms with Crippen LogP contribution in [0.25, 0.3) is 0 Å². The van der Waals surface area contributed by atoms with Crippen molar-refractivity contribution < 1.29 is 19.4 Å². The van der Waals surface area contributed by atoms with E-state index in [0.717, 1.165) is 5.56 Å². The number of rotatable bonds is 5. The summed E-state index contributed by atoms with van der Waals surface area (Å²) in [5.74, 6) is -0.586. The lowest BCUT2D eigenvalue weighted by Gasteiger charge is -2.24. The molecule has 0 spiro atoms. The maximum Gasteiger partial charge on any atom is 0.352 e. The molecule has 1 atom stereocenters. The van der Waals surface area contributed by atoms with Crippen LogP contribution in [0.5, 0.6) is 5.75 Å². The minimum Gasteiger partial charge on any atom is -0.497 e. The zero-order chi connectivity index (χ0) is 21.3. The van der Waals surface area contributed by atoms with Crippen LogP contribution in [0.2, 0.25) is 5.02 Å². The van der Waals surface area contributed by atoms with Gasteiger partial charge in [-0.2, -0.15) is 5.10 Å². The number of methoxy groups -OCH3 is 1. The van der Waals surface area contributed by atoms with Gasteiger partial charge in [0.1, 0.15) is 22.8 Å². The van der Waals surface area contributed by atoms with E-state index in [1.54, 1.807) is 54.3 Å². The van der Waals surface area contributed by atoms with Crippen LogP contribution in [-0.2, 0) is 4.79 Å². The summed E-state index contributed by atoms with van der Waals surface area (Å²) < 4.78 is 6.75. The molecule has 30 heavy (non-hydrogen) atoms. The number of nitrogens with zero attached hydrogens (tertiary/aromatic N) is 2. The van der Waals surface area contributed by atoms with Crippen LogP contribution in [0.3, 0.4) is 0 Å². The van der Waals surface area contributed by atoms with Crippen molar-refractivity contribution in [2.75, 3.05) is 17.7 Å². The van der Waals surface area contributed by atoms with Crippen LogP contribution in [0, 0.1) is 0 Å². The lowest BCUT2D eigenvalue weighted by Crippen LogP contribution is -2.25. The Morgan fingerprint density at radius 2 is 1.87 bits per heavy atom. The van der Waals surface area contributed by atoms with Crippen molar-refractivity contribution in [3.8, 4) is 5.75 Å². The number of hydrogen-bond acceptors (Lipinski definition) is 5. The largest absolute Gasteiger partial charge is 0.497 e. The van der Waals surface area contributed by atoms with E-state index >= 15 is 0 Å². The van der Waals surface area contributed by atoms with Gasteiger partial charge in [0.15, 0.2) is 0 Å². The molecule has 2 heterocycles. The molecule has 9 heteroatoms. The summed E-state index contributed by atoms with van der Waals surface area (Å²) in [6.07, 6.45) is 2.95. The molecule has 2 aromatic carbocycles. The third-order valence-corrected chi connectivity index (χ3v) is 4.92. The average molecular weight is 425 g/mol. The summed E-state index contributed by atoms with van der Waals surface area (Å²) in [7, 11) is 1.57. The van der Waals surface area contributed by atoms with Gasteiger partial charge in [-0.05, 0) is 48.0 Å². The lowest BCUT2D eigenvalue weighted by molar-refractivity contribution is -0.132. The lowest BCUT2D eigenvalue weighted by atomic mass is 10.0. The Balaban J connectivity index is 1.69. The summed E-state index contributed by atoms with van der Waals surface area (Å²) in [6, 6.07) is 13.4. The normalized spacial score (nSPS) is 14.9. The standard InChI is InChI=1S/C21H17ClN4O4/c1-30-15-8-2-12(3-9-15)18-10-17(21(28)29)25-19-16(11-23-26(18)19)20(27)24-14-6-4-13(22)5-7-14/h2-11,18,25H,1H3,(H,24,27)(H,28,29)/t18-/m1/s1. The highest BCUT2D eigenvalue weighted by molar-refractivity contribution is 6.30. The van der Waals surface area contributed by atoms with Gasteiger partial charge in [-0.1, -0.05) is 23.7 Å². The number of halogens is 1. The third kappa shape index (κ3) is 3.72. The van der Waals surface area contributed by atoms with E-state index in [2.05, 4.69) is 15.7 Å². The second-order valence-electron chi connectivity index (χ2n) is 6.54. The second kappa shape index (κ2) is 7.92. The number of aromatic nitrogens is 2. The van der Waals surface area contributed by atoms with Crippen LogP contribution in [0.1, 0.15) is 22.0 Å². The smallest absolute Gasteiger partial charge is 0.352 e. The average Bonchev–Trinajstić information content (AvgIpc) is 3.19. The molecule has 0 unspecified atom stereocenters. The Morgan fingerprint density at radius 1 is 1.17 bits per heavy atom. The fourth-order valence-corrected chi connectivity index (χ4v) is 3.28. The number of carboxylic acid groups (broad SMARTS) is 1. The molecule has 0 aliphatic carbocycles. The summed E-state index contributed by atoms with van der Waals surface area (Å²) in [4.78, 5) is 24.5. The van der Waals surface area contributed by atoms with E-state index < -0.39 is 17.9 Å². The van der Waals surface area contributed by atoms with Gasteiger partial charge in [-0.25, -0.2) is 9.48 Å². The van der Waals surface area contributed by atoms with E-state index in [1.807, 2.05) is 12.1 Å². The van der Waals surface area contributed by atoms with Crippen LogP contribution >= 0.6 is 11.6 Å². The molecule has 1 aromatic heterocycles. The number of fused-ring (bicyclic) bond motifs is 1. The minimum atomic E-state index is -1.13. The van der Waals surface area contributed by atoms with Gasteiger partial charge in [-0.3, -0.25) is 4.79 Å². The van der Waals surface area contributed by atoms with Crippen molar-refractivity contribution in [3.05, 3.63) is 82.7 Å². The Labute approximate surface area is 176 Å². The first kappa shape index (κ1) is 19.5. The fourth-order valence-electron chi connectivity index (χ4n) is 3.16. The Kier molecular flexibility index (Phi) is 5.16. The number of ether oxygens (including phenoxy) is 1. The predicted molar refractivity (Wildman–Crippen MR) is 112 cm³/mol. The van der Waals surface area contributed by atoms with E-state index in [4.69, 9.17) is 16.3 Å². The van der Waals surface area contributed by atoms with Crippen molar-refractivity contribution in [1.29, 1.82) is 0 Å². The Bertz CT molecular complexity index is 1140. The second-order valence-corrected chi connectivity index (χ2v) is 6.98. The number of benzene rings is 2. The number of nitrogens with one attached hydrogen (secondary N) is 2. The SMILES string of the molecule is COc1ccc([C@H]2C=C(C(=O)O)Nc3c(C(=O)Nc4ccc(Cl)cc4)cnn32)cc1. The quantitative estimate of drug-likeness (QED) is 0.575. The number of anilines is 2. The van der Waals surface area contributed by atoms with Crippen molar-refractivity contribution in [2.24, 2.45) is 0 Å². The molecule has 0 saturated carbocycles. The molecule has 8 nitrogen and oxygen atoms in total. The summed E-state index contributed by atoms with van der Waals surface area (Å²) in [6.45, 7) is 0. The predicted octanol–water partition coefficient (Wildman–Crippen LogP) is 3.78. The highest BCUT2D eigenvalue weighted by Crippen LogP contribution is 2.33. The molecule has 3 N–H and O–H groups in total. The zero-order valence-electron chi connectivity index (χ0n) is 15.8. The van der Waals surface area contributed by atoms with Gasteiger partial charge in [0.2, 0.25) is 0 Å². The van der Waals surface area contributed by atoms with Crippen LogP contribution < -0.4 is 15.4 Å². The monoisotopic (exact) mass is 424 g/mol. The molecule has 1 amide bonds. The summed E-state index contributed by atoms with van der Waals surface area (Å²) >= 11 is 5.88. The van der Waals surface area contributed by atoms with Crippen molar-refractivity contribution in [3.63, 3.8) is 0 Å². The van der Waals surface area contributed by atoms with Crippen molar-refractivity contribution in [1.82, 2.24) is 9.78 Å². The van der Waals surface area contributed by atoms with E-state index in [-0.39, 0.29) is 11.3 Å². The number of allylic oxidation sites excluding steroid dienone is 1. The molecule has 0 saturated heterocycles. The van der Waals surface area contributed by atoms with Crippen molar-refractivity contribution in [2.45, 2.75) is 6.04 Å². The van der Waals surface area contributed by atoms with Crippen LogP contribution in [0.15, 0.2) is 66.5 Å². The van der Waals surface area contributed by atoms with Gasteiger partial charge < -0.3 is 20.5 Å². The molecule has 1 aliphatic rings. The van der Waals surface area contributed by atoms with Gasteiger partial charge in [0, 0.05) is 10.7 Å². The number of amides is 1. The number of aliphatic carboxylic acids is 1. The topological polar surface area (TPSA) is 105 Å². The minimum absolute atomic E-state index is 0.0376. The third-order valence-electron chi connectivity index (χ3n) is 4.67. The van der Waals surface area contributed by atoms with Gasteiger partial charge in [-0.15, -0.1) is 0 Å². The molecule has 0 radical (unpaired) electrons. The molecular formula is C21H17ClN4O4. The summed E-state index contributed by atoms with van der Waals surface area (Å²) in [5.41, 5.74) is 1.53. The number of carbonyl (C=O) groups excluding carboxylic acids is 1. The number of carbonyl (C=O) groups is 2. The van der Waals surface area contributed by atoms with Crippen LogP contribution in [0.4, 0.5) is 11.5 Å². The Morgan fingerprint density at radius 3 is 2.50 bits per heavy atom. The highest BCUT2D eigenvalue weighted by Gasteiger charge is 2.29. The van der Waals surface area contributed by atoms with Gasteiger partial charge >= 0.3 is 5.97 Å².